The molecule has 0 saturated carbocycles. The Morgan fingerprint density at radius 2 is 2.33 bits per heavy atom. The quantitative estimate of drug-likeness (QED) is 0.795. The SMILES string of the molecule is CCn1cc(-c2[nH]c(=S)ncc2F)cn1. The summed E-state index contributed by atoms with van der Waals surface area (Å²) in [6, 6.07) is 0. The Balaban J connectivity index is 2.53. The lowest BCUT2D eigenvalue weighted by Gasteiger charge is -1.98. The first kappa shape index (κ1) is 9.97. The molecule has 2 rings (SSSR count). The van der Waals surface area contributed by atoms with E-state index in [0.29, 0.717) is 11.3 Å². The Morgan fingerprint density at radius 1 is 1.53 bits per heavy atom. The highest BCUT2D eigenvalue weighted by molar-refractivity contribution is 7.71. The molecule has 0 atom stereocenters. The number of hydrogen-bond acceptors (Lipinski definition) is 3. The summed E-state index contributed by atoms with van der Waals surface area (Å²) >= 11 is 4.83. The van der Waals surface area contributed by atoms with E-state index < -0.39 is 5.82 Å². The molecule has 0 aromatic carbocycles. The molecule has 2 heterocycles. The summed E-state index contributed by atoms with van der Waals surface area (Å²) in [5.74, 6) is -0.431. The van der Waals surface area contributed by atoms with Gasteiger partial charge in [0.15, 0.2) is 10.6 Å². The molecule has 0 aliphatic carbocycles. The average Bonchev–Trinajstić information content (AvgIpc) is 2.70. The second-order valence-corrected chi connectivity index (χ2v) is 3.38. The van der Waals surface area contributed by atoms with Crippen molar-refractivity contribution >= 4 is 12.2 Å². The molecule has 0 fully saturated rings. The van der Waals surface area contributed by atoms with Crippen LogP contribution in [0.3, 0.4) is 0 Å². The first-order valence-electron chi connectivity index (χ1n) is 4.48. The summed E-state index contributed by atoms with van der Waals surface area (Å²) in [6.45, 7) is 2.70. The number of halogens is 1. The Hall–Kier alpha value is -1.56. The third kappa shape index (κ3) is 1.94. The van der Waals surface area contributed by atoms with Gasteiger partial charge in [0.2, 0.25) is 0 Å². The Labute approximate surface area is 90.8 Å². The van der Waals surface area contributed by atoms with Crippen LogP contribution in [-0.2, 0) is 6.54 Å². The molecule has 0 spiro atoms. The lowest BCUT2D eigenvalue weighted by molar-refractivity contribution is 0.617. The fourth-order valence-corrected chi connectivity index (χ4v) is 1.41. The van der Waals surface area contributed by atoms with Crippen LogP contribution in [0.25, 0.3) is 11.3 Å². The van der Waals surface area contributed by atoms with Gasteiger partial charge in [0, 0.05) is 18.3 Å². The van der Waals surface area contributed by atoms with Crippen LogP contribution < -0.4 is 0 Å². The molecule has 0 aliphatic rings. The number of H-pyrrole nitrogens is 1. The Kier molecular flexibility index (Phi) is 2.59. The topological polar surface area (TPSA) is 46.5 Å². The normalized spacial score (nSPS) is 10.5. The minimum absolute atomic E-state index is 0.260. The summed E-state index contributed by atoms with van der Waals surface area (Å²) in [5.41, 5.74) is 0.998. The maximum Gasteiger partial charge on any atom is 0.197 e. The van der Waals surface area contributed by atoms with Crippen molar-refractivity contribution in [1.29, 1.82) is 0 Å². The molecule has 78 valence electrons. The number of nitrogens with zero attached hydrogens (tertiary/aromatic N) is 3. The van der Waals surface area contributed by atoms with Gasteiger partial charge in [-0.2, -0.15) is 5.10 Å². The van der Waals surface area contributed by atoms with Gasteiger partial charge in [-0.1, -0.05) is 0 Å². The van der Waals surface area contributed by atoms with Crippen LogP contribution in [0.15, 0.2) is 18.6 Å². The average molecular weight is 224 g/mol. The van der Waals surface area contributed by atoms with E-state index in [9.17, 15) is 4.39 Å². The Bertz CT molecular complexity index is 531. The van der Waals surface area contributed by atoms with Gasteiger partial charge in [0.1, 0.15) is 0 Å². The molecule has 2 aromatic rings. The first-order chi connectivity index (χ1) is 7.20. The van der Waals surface area contributed by atoms with Crippen LogP contribution in [0.4, 0.5) is 4.39 Å². The van der Waals surface area contributed by atoms with Crippen LogP contribution in [0.2, 0.25) is 0 Å². The van der Waals surface area contributed by atoms with E-state index in [0.717, 1.165) is 12.7 Å². The third-order valence-electron chi connectivity index (χ3n) is 2.01. The molecule has 1 N–H and O–H groups in total. The number of rotatable bonds is 2. The predicted octanol–water partition coefficient (Wildman–Crippen LogP) is 2.16. The van der Waals surface area contributed by atoms with Crippen LogP contribution in [0.5, 0.6) is 0 Å². The number of aromatic amines is 1. The van der Waals surface area contributed by atoms with Gasteiger partial charge in [-0.15, -0.1) is 0 Å². The van der Waals surface area contributed by atoms with Crippen molar-refractivity contribution in [3.05, 3.63) is 29.2 Å². The zero-order valence-electron chi connectivity index (χ0n) is 8.07. The van der Waals surface area contributed by atoms with Gasteiger partial charge in [-0.05, 0) is 19.1 Å². The van der Waals surface area contributed by atoms with E-state index in [2.05, 4.69) is 15.1 Å². The molecule has 6 heteroatoms. The molecule has 0 radical (unpaired) electrons. The summed E-state index contributed by atoms with van der Waals surface area (Å²) < 4.78 is 15.4. The van der Waals surface area contributed by atoms with Crippen molar-refractivity contribution in [1.82, 2.24) is 19.7 Å². The van der Waals surface area contributed by atoms with Crippen molar-refractivity contribution in [2.45, 2.75) is 13.5 Å². The number of aromatic nitrogens is 4. The number of aryl methyl sites for hydroxylation is 1. The second-order valence-electron chi connectivity index (χ2n) is 3.00. The highest BCUT2D eigenvalue weighted by atomic mass is 32.1. The highest BCUT2D eigenvalue weighted by Crippen LogP contribution is 2.18. The molecule has 0 amide bonds. The molecule has 0 aliphatic heterocycles. The fourth-order valence-electron chi connectivity index (χ4n) is 1.25. The molecule has 0 unspecified atom stereocenters. The number of hydrogen-bond donors (Lipinski definition) is 1. The standard InChI is InChI=1S/C9H9FN4S/c1-2-14-5-6(3-12-14)8-7(10)4-11-9(15)13-8/h3-5H,2H2,1H3,(H,11,13,15). The first-order valence-corrected chi connectivity index (χ1v) is 4.89. The van der Waals surface area contributed by atoms with Crippen molar-refractivity contribution in [2.24, 2.45) is 0 Å². The zero-order chi connectivity index (χ0) is 10.8. The van der Waals surface area contributed by atoms with Crippen molar-refractivity contribution < 1.29 is 4.39 Å². The fraction of sp³-hybridized carbons (Fsp3) is 0.222. The minimum atomic E-state index is -0.431. The molecule has 15 heavy (non-hydrogen) atoms. The summed E-state index contributed by atoms with van der Waals surface area (Å²) in [6.07, 6.45) is 4.45. The monoisotopic (exact) mass is 224 g/mol. The van der Waals surface area contributed by atoms with Gasteiger partial charge >= 0.3 is 0 Å². The lowest BCUT2D eigenvalue weighted by atomic mass is 10.2. The van der Waals surface area contributed by atoms with Crippen LogP contribution in [0.1, 0.15) is 6.92 Å². The van der Waals surface area contributed by atoms with Crippen molar-refractivity contribution in [3.8, 4) is 11.3 Å². The van der Waals surface area contributed by atoms with Crippen LogP contribution in [-0.4, -0.2) is 19.7 Å². The van der Waals surface area contributed by atoms with Gasteiger partial charge in [0.25, 0.3) is 0 Å². The number of nitrogens with one attached hydrogen (secondary N) is 1. The summed E-state index contributed by atoms with van der Waals surface area (Å²) in [4.78, 5) is 6.35. The molecule has 4 nitrogen and oxygen atoms in total. The van der Waals surface area contributed by atoms with Gasteiger partial charge in [0.05, 0.1) is 18.1 Å². The van der Waals surface area contributed by atoms with E-state index in [1.807, 2.05) is 6.92 Å². The lowest BCUT2D eigenvalue weighted by Crippen LogP contribution is -1.93. The third-order valence-corrected chi connectivity index (χ3v) is 2.22. The van der Waals surface area contributed by atoms with Gasteiger partial charge < -0.3 is 4.98 Å². The van der Waals surface area contributed by atoms with E-state index in [1.54, 1.807) is 17.1 Å². The smallest absolute Gasteiger partial charge is 0.197 e. The van der Waals surface area contributed by atoms with E-state index >= 15 is 0 Å². The predicted molar refractivity (Wildman–Crippen MR) is 56.3 cm³/mol. The summed E-state index contributed by atoms with van der Waals surface area (Å²) in [7, 11) is 0. The molecular formula is C9H9FN4S. The molecule has 0 bridgehead atoms. The molecule has 0 saturated heterocycles. The maximum atomic E-state index is 13.4. The van der Waals surface area contributed by atoms with Crippen molar-refractivity contribution in [3.63, 3.8) is 0 Å². The molecule has 2 aromatic heterocycles. The van der Waals surface area contributed by atoms with E-state index in [1.165, 1.54) is 0 Å². The maximum absolute atomic E-state index is 13.4. The highest BCUT2D eigenvalue weighted by Gasteiger charge is 2.07. The zero-order valence-corrected chi connectivity index (χ0v) is 8.88. The van der Waals surface area contributed by atoms with Gasteiger partial charge in [-0.25, -0.2) is 9.37 Å². The van der Waals surface area contributed by atoms with Crippen LogP contribution >= 0.6 is 12.2 Å². The minimum Gasteiger partial charge on any atom is -0.328 e. The van der Waals surface area contributed by atoms with Crippen LogP contribution in [0, 0.1) is 10.6 Å². The largest absolute Gasteiger partial charge is 0.328 e. The van der Waals surface area contributed by atoms with Gasteiger partial charge in [-0.3, -0.25) is 4.68 Å². The summed E-state index contributed by atoms with van der Waals surface area (Å²) in [5, 5.41) is 4.06. The van der Waals surface area contributed by atoms with E-state index in [-0.39, 0.29) is 4.77 Å². The van der Waals surface area contributed by atoms with Crippen molar-refractivity contribution in [2.75, 3.05) is 0 Å². The Morgan fingerprint density at radius 3 is 3.00 bits per heavy atom. The van der Waals surface area contributed by atoms with E-state index in [4.69, 9.17) is 12.2 Å². The molecular weight excluding hydrogens is 215 g/mol. The second kappa shape index (κ2) is 3.90.